The number of hydrogen-bond acceptors (Lipinski definition) is 6. The highest BCUT2D eigenvalue weighted by atomic mass is 16.6. The monoisotopic (exact) mass is 337 g/mol. The second kappa shape index (κ2) is 7.73. The lowest BCUT2D eigenvalue weighted by Gasteiger charge is -2.32. The molecule has 1 heterocycles. The van der Waals surface area contributed by atoms with Gasteiger partial charge in [-0.3, -0.25) is 24.6 Å². The van der Waals surface area contributed by atoms with Crippen LogP contribution in [-0.4, -0.2) is 53.0 Å². The minimum absolute atomic E-state index is 0.0506. The predicted molar refractivity (Wildman–Crippen MR) is 85.1 cm³/mol. The SMILES string of the molecule is COc1ccc(NC(=O)CN2CCCCC2C(=O)O)c([N+](=O)[O-])c1. The lowest BCUT2D eigenvalue weighted by atomic mass is 10.0. The van der Waals surface area contributed by atoms with E-state index in [2.05, 4.69) is 5.32 Å². The highest BCUT2D eigenvalue weighted by molar-refractivity contribution is 5.95. The Morgan fingerprint density at radius 1 is 1.46 bits per heavy atom. The molecule has 0 aromatic heterocycles. The molecule has 0 aliphatic carbocycles. The molecule has 2 rings (SSSR count). The molecular formula is C15H19N3O6. The third-order valence-corrected chi connectivity index (χ3v) is 3.92. The number of hydrogen-bond donors (Lipinski definition) is 2. The maximum atomic E-state index is 12.2. The first-order valence-electron chi connectivity index (χ1n) is 7.51. The number of aliphatic carboxylic acids is 1. The van der Waals surface area contributed by atoms with Crippen molar-refractivity contribution < 1.29 is 24.4 Å². The van der Waals surface area contributed by atoms with E-state index in [0.717, 1.165) is 12.8 Å². The summed E-state index contributed by atoms with van der Waals surface area (Å²) in [6, 6.07) is 3.41. The number of carboxylic acids is 1. The average molecular weight is 337 g/mol. The van der Waals surface area contributed by atoms with Gasteiger partial charge in [0.15, 0.2) is 0 Å². The quantitative estimate of drug-likeness (QED) is 0.595. The minimum atomic E-state index is -0.960. The fourth-order valence-corrected chi connectivity index (χ4v) is 2.73. The van der Waals surface area contributed by atoms with Crippen LogP contribution in [0.4, 0.5) is 11.4 Å². The first-order chi connectivity index (χ1) is 11.4. The fraction of sp³-hybridized carbons (Fsp3) is 0.467. The van der Waals surface area contributed by atoms with Crippen LogP contribution in [0, 0.1) is 10.1 Å². The number of nitrogens with zero attached hydrogens (tertiary/aromatic N) is 2. The van der Waals surface area contributed by atoms with E-state index in [1.807, 2.05) is 0 Å². The van der Waals surface area contributed by atoms with Gasteiger partial charge < -0.3 is 15.2 Å². The van der Waals surface area contributed by atoms with Crippen molar-refractivity contribution in [2.75, 3.05) is 25.5 Å². The van der Waals surface area contributed by atoms with Crippen molar-refractivity contribution >= 4 is 23.3 Å². The van der Waals surface area contributed by atoms with Crippen LogP contribution in [0.5, 0.6) is 5.75 Å². The van der Waals surface area contributed by atoms with Gasteiger partial charge in [0.1, 0.15) is 17.5 Å². The number of carbonyl (C=O) groups excluding carboxylic acids is 1. The number of nitro groups is 1. The standard InChI is InChI=1S/C15H19N3O6/c1-24-10-5-6-11(13(8-10)18(22)23)16-14(19)9-17-7-3-2-4-12(17)15(20)21/h5-6,8,12H,2-4,7,9H2,1H3,(H,16,19)(H,20,21). The van der Waals surface area contributed by atoms with Crippen LogP contribution >= 0.6 is 0 Å². The van der Waals surface area contributed by atoms with E-state index in [9.17, 15) is 24.8 Å². The normalized spacial score (nSPS) is 18.0. The summed E-state index contributed by atoms with van der Waals surface area (Å²) in [6.45, 7) is 0.384. The average Bonchev–Trinajstić information content (AvgIpc) is 2.55. The number of carbonyl (C=O) groups is 2. The van der Waals surface area contributed by atoms with Crippen LogP contribution in [0.2, 0.25) is 0 Å². The van der Waals surface area contributed by atoms with E-state index in [0.29, 0.717) is 18.7 Å². The van der Waals surface area contributed by atoms with Crippen molar-refractivity contribution in [3.8, 4) is 5.75 Å². The molecule has 130 valence electrons. The number of amides is 1. The van der Waals surface area contributed by atoms with Crippen molar-refractivity contribution in [3.05, 3.63) is 28.3 Å². The van der Waals surface area contributed by atoms with Crippen LogP contribution in [0.3, 0.4) is 0 Å². The Kier molecular flexibility index (Phi) is 5.69. The largest absolute Gasteiger partial charge is 0.496 e. The summed E-state index contributed by atoms with van der Waals surface area (Å²) in [5.41, 5.74) is -0.231. The number of anilines is 1. The summed E-state index contributed by atoms with van der Waals surface area (Å²) in [4.78, 5) is 35.5. The molecule has 9 nitrogen and oxygen atoms in total. The molecule has 1 aliphatic heterocycles. The Morgan fingerprint density at radius 3 is 2.83 bits per heavy atom. The lowest BCUT2D eigenvalue weighted by Crippen LogP contribution is -2.47. The fourth-order valence-electron chi connectivity index (χ4n) is 2.73. The number of piperidine rings is 1. The summed E-state index contributed by atoms with van der Waals surface area (Å²) in [5.74, 6) is -1.14. The van der Waals surface area contributed by atoms with Gasteiger partial charge in [-0.15, -0.1) is 0 Å². The minimum Gasteiger partial charge on any atom is -0.496 e. The van der Waals surface area contributed by atoms with Gasteiger partial charge in [-0.25, -0.2) is 0 Å². The third-order valence-electron chi connectivity index (χ3n) is 3.92. The molecule has 2 N–H and O–H groups in total. The number of methoxy groups -OCH3 is 1. The highest BCUT2D eigenvalue weighted by Crippen LogP contribution is 2.29. The Hall–Kier alpha value is -2.68. The summed E-state index contributed by atoms with van der Waals surface area (Å²) in [7, 11) is 1.39. The molecule has 1 amide bonds. The van der Waals surface area contributed by atoms with Crippen molar-refractivity contribution in [3.63, 3.8) is 0 Å². The number of rotatable bonds is 6. The van der Waals surface area contributed by atoms with Gasteiger partial charge in [0.05, 0.1) is 24.6 Å². The second-order valence-corrected chi connectivity index (χ2v) is 5.51. The Balaban J connectivity index is 2.09. The lowest BCUT2D eigenvalue weighted by molar-refractivity contribution is -0.384. The molecule has 0 radical (unpaired) electrons. The van der Waals surface area contributed by atoms with Gasteiger partial charge >= 0.3 is 5.97 Å². The van der Waals surface area contributed by atoms with Crippen LogP contribution in [0.15, 0.2) is 18.2 Å². The van der Waals surface area contributed by atoms with Crippen LogP contribution in [0.25, 0.3) is 0 Å². The van der Waals surface area contributed by atoms with Gasteiger partial charge in [0.25, 0.3) is 5.69 Å². The molecule has 1 saturated heterocycles. The number of benzene rings is 1. The molecule has 1 aromatic rings. The van der Waals surface area contributed by atoms with Crippen molar-refractivity contribution in [2.24, 2.45) is 0 Å². The summed E-state index contributed by atoms with van der Waals surface area (Å²) >= 11 is 0. The molecule has 1 atom stereocenters. The molecule has 0 bridgehead atoms. The number of ether oxygens (including phenoxy) is 1. The molecule has 9 heteroatoms. The molecule has 0 spiro atoms. The van der Waals surface area contributed by atoms with Gasteiger partial charge in [-0.1, -0.05) is 6.42 Å². The summed E-state index contributed by atoms with van der Waals surface area (Å²) in [6.07, 6.45) is 2.12. The smallest absolute Gasteiger partial charge is 0.320 e. The molecule has 1 unspecified atom stereocenters. The molecule has 1 aromatic carbocycles. The zero-order chi connectivity index (χ0) is 17.7. The van der Waals surface area contributed by atoms with Crippen LogP contribution in [-0.2, 0) is 9.59 Å². The maximum absolute atomic E-state index is 12.2. The maximum Gasteiger partial charge on any atom is 0.320 e. The zero-order valence-corrected chi connectivity index (χ0v) is 13.2. The van der Waals surface area contributed by atoms with Crippen LogP contribution in [0.1, 0.15) is 19.3 Å². The van der Waals surface area contributed by atoms with Crippen molar-refractivity contribution in [2.45, 2.75) is 25.3 Å². The van der Waals surface area contributed by atoms with Gasteiger partial charge in [-0.2, -0.15) is 0 Å². The first-order valence-corrected chi connectivity index (χ1v) is 7.51. The van der Waals surface area contributed by atoms with E-state index in [4.69, 9.17) is 4.74 Å². The number of likely N-dealkylation sites (tertiary alicyclic amines) is 1. The van der Waals surface area contributed by atoms with E-state index >= 15 is 0 Å². The predicted octanol–water partition coefficient (Wildman–Crippen LogP) is 1.48. The second-order valence-electron chi connectivity index (χ2n) is 5.51. The van der Waals surface area contributed by atoms with E-state index in [-0.39, 0.29) is 17.9 Å². The number of nitro benzene ring substituents is 1. The topological polar surface area (TPSA) is 122 Å². The van der Waals surface area contributed by atoms with Crippen LogP contribution < -0.4 is 10.1 Å². The number of carboxylic acid groups (broad SMARTS) is 1. The van der Waals surface area contributed by atoms with Crippen molar-refractivity contribution in [1.82, 2.24) is 4.90 Å². The molecule has 1 fully saturated rings. The first kappa shape index (κ1) is 17.7. The molecular weight excluding hydrogens is 318 g/mol. The number of nitrogens with one attached hydrogen (secondary N) is 1. The van der Waals surface area contributed by atoms with E-state index in [1.165, 1.54) is 25.3 Å². The Bertz CT molecular complexity index is 648. The molecule has 1 aliphatic rings. The highest BCUT2D eigenvalue weighted by Gasteiger charge is 2.30. The summed E-state index contributed by atoms with van der Waals surface area (Å²) in [5, 5.41) is 22.8. The summed E-state index contributed by atoms with van der Waals surface area (Å²) < 4.78 is 4.94. The van der Waals surface area contributed by atoms with E-state index in [1.54, 1.807) is 4.90 Å². The van der Waals surface area contributed by atoms with E-state index < -0.39 is 22.8 Å². The molecule has 24 heavy (non-hydrogen) atoms. The zero-order valence-electron chi connectivity index (χ0n) is 13.2. The molecule has 0 saturated carbocycles. The van der Waals surface area contributed by atoms with Crippen molar-refractivity contribution in [1.29, 1.82) is 0 Å². The third kappa shape index (κ3) is 4.19. The Morgan fingerprint density at radius 2 is 2.21 bits per heavy atom. The van der Waals surface area contributed by atoms with Gasteiger partial charge in [-0.05, 0) is 31.5 Å². The van der Waals surface area contributed by atoms with Gasteiger partial charge in [0, 0.05) is 0 Å². The Labute approximate surface area is 138 Å². The van der Waals surface area contributed by atoms with Gasteiger partial charge in [0.2, 0.25) is 5.91 Å².